The maximum Gasteiger partial charge on any atom is 0.262 e. The molecular formula is C27H24BrN5O5. The molecule has 2 amide bonds. The predicted molar refractivity (Wildman–Crippen MR) is 143 cm³/mol. The molecule has 194 valence electrons. The molecule has 0 bridgehead atoms. The second-order valence-corrected chi connectivity index (χ2v) is 9.87. The number of phenols is 1. The second-order valence-electron chi connectivity index (χ2n) is 9.08. The zero-order valence-electron chi connectivity index (χ0n) is 20.7. The predicted octanol–water partition coefficient (Wildman–Crippen LogP) is 4.58. The number of ether oxygens (including phenoxy) is 1. The van der Waals surface area contributed by atoms with E-state index in [0.29, 0.717) is 37.2 Å². The molecule has 38 heavy (non-hydrogen) atoms. The number of amides is 2. The van der Waals surface area contributed by atoms with E-state index in [0.717, 1.165) is 21.5 Å². The van der Waals surface area contributed by atoms with Gasteiger partial charge in [-0.1, -0.05) is 12.1 Å². The zero-order chi connectivity index (χ0) is 27.1. The number of phenolic OH excluding ortho intramolecular Hbond substituents is 1. The Kier molecular flexibility index (Phi) is 6.88. The van der Waals surface area contributed by atoms with Crippen molar-refractivity contribution in [3.05, 3.63) is 57.1 Å². The largest absolute Gasteiger partial charge is 0.507 e. The number of β-amino-alcohol motifs (C(OH)–C–C–N with tert-alkyl or cyclic N) is 1. The van der Waals surface area contributed by atoms with Crippen LogP contribution >= 0.6 is 15.9 Å². The Morgan fingerprint density at radius 2 is 2.03 bits per heavy atom. The van der Waals surface area contributed by atoms with Gasteiger partial charge in [-0.2, -0.15) is 5.26 Å². The standard InChI is InChI=1S/C27H24BrN5O5/c1-3-33-26(36)18-10-15(12-29)24(23(28)22(18)27(33)37)31-30-19-11-14-9-16(34)13-32(7-8-38-2)25(14)17-5-4-6-20(35)21(17)19/h4-6,10-11,16,34-35H,3,7-9,13H2,1-2H3/b31-30+. The number of hydrogen-bond donors (Lipinski definition) is 2. The summed E-state index contributed by atoms with van der Waals surface area (Å²) in [4.78, 5) is 28.6. The van der Waals surface area contributed by atoms with Gasteiger partial charge in [0.1, 0.15) is 17.5 Å². The molecule has 2 N–H and O–H groups in total. The van der Waals surface area contributed by atoms with Crippen LogP contribution in [0.1, 0.15) is 38.8 Å². The lowest BCUT2D eigenvalue weighted by Gasteiger charge is -2.35. The minimum atomic E-state index is -0.597. The molecule has 1 unspecified atom stereocenters. The van der Waals surface area contributed by atoms with Gasteiger partial charge in [0, 0.05) is 44.2 Å². The van der Waals surface area contributed by atoms with Gasteiger partial charge in [0.15, 0.2) is 0 Å². The first-order chi connectivity index (χ1) is 18.3. The van der Waals surface area contributed by atoms with Crippen molar-refractivity contribution in [1.29, 1.82) is 5.26 Å². The Bertz CT molecular complexity index is 1560. The van der Waals surface area contributed by atoms with Gasteiger partial charge in [-0.15, -0.1) is 10.2 Å². The molecule has 0 saturated heterocycles. The lowest BCUT2D eigenvalue weighted by Crippen LogP contribution is -2.40. The van der Waals surface area contributed by atoms with Gasteiger partial charge in [0.2, 0.25) is 0 Å². The van der Waals surface area contributed by atoms with Gasteiger partial charge in [-0.25, -0.2) is 0 Å². The molecule has 2 aliphatic heterocycles. The van der Waals surface area contributed by atoms with Crippen molar-refractivity contribution in [2.24, 2.45) is 10.2 Å². The molecule has 3 aromatic carbocycles. The molecule has 0 radical (unpaired) electrons. The number of nitriles is 1. The van der Waals surface area contributed by atoms with Crippen molar-refractivity contribution < 1.29 is 24.5 Å². The van der Waals surface area contributed by atoms with E-state index >= 15 is 0 Å². The third kappa shape index (κ3) is 4.11. The van der Waals surface area contributed by atoms with Crippen LogP contribution in [-0.4, -0.2) is 66.4 Å². The van der Waals surface area contributed by atoms with Crippen LogP contribution in [0.4, 0.5) is 17.1 Å². The molecule has 0 aliphatic carbocycles. The number of aliphatic hydroxyl groups excluding tert-OH is 1. The fourth-order valence-corrected chi connectivity index (χ4v) is 5.80. The smallest absolute Gasteiger partial charge is 0.262 e. The number of nitrogens with zero attached hydrogens (tertiary/aromatic N) is 5. The number of fused-ring (bicyclic) bond motifs is 4. The summed E-state index contributed by atoms with van der Waals surface area (Å²) in [7, 11) is 1.62. The number of halogens is 1. The summed E-state index contributed by atoms with van der Waals surface area (Å²) >= 11 is 3.38. The maximum absolute atomic E-state index is 12.9. The number of methoxy groups -OCH3 is 1. The molecule has 2 heterocycles. The number of hydrogen-bond acceptors (Lipinski definition) is 9. The molecule has 2 aliphatic rings. The first-order valence-electron chi connectivity index (χ1n) is 12.0. The number of imide groups is 1. The van der Waals surface area contributed by atoms with E-state index in [1.165, 1.54) is 6.07 Å². The van der Waals surface area contributed by atoms with Gasteiger partial charge < -0.3 is 19.8 Å². The molecule has 0 spiro atoms. The van der Waals surface area contributed by atoms with Crippen LogP contribution in [0.3, 0.4) is 0 Å². The number of aliphatic hydroxyl groups is 1. The van der Waals surface area contributed by atoms with Crippen molar-refractivity contribution in [3.8, 4) is 11.8 Å². The molecule has 0 saturated carbocycles. The van der Waals surface area contributed by atoms with Crippen LogP contribution < -0.4 is 4.90 Å². The van der Waals surface area contributed by atoms with Crippen LogP contribution in [-0.2, 0) is 11.2 Å². The summed E-state index contributed by atoms with van der Waals surface area (Å²) in [6, 6.07) is 10.3. The van der Waals surface area contributed by atoms with Crippen LogP contribution in [0, 0.1) is 11.3 Å². The highest BCUT2D eigenvalue weighted by atomic mass is 79.9. The van der Waals surface area contributed by atoms with E-state index in [1.54, 1.807) is 32.2 Å². The van der Waals surface area contributed by atoms with Gasteiger partial charge in [-0.3, -0.25) is 14.5 Å². The molecule has 0 fully saturated rings. The van der Waals surface area contributed by atoms with E-state index in [9.17, 15) is 25.1 Å². The van der Waals surface area contributed by atoms with Crippen molar-refractivity contribution in [2.75, 3.05) is 38.3 Å². The van der Waals surface area contributed by atoms with Gasteiger partial charge >= 0.3 is 0 Å². The number of carbonyl (C=O) groups excluding carboxylic acids is 2. The van der Waals surface area contributed by atoms with E-state index in [2.05, 4.69) is 26.2 Å². The highest BCUT2D eigenvalue weighted by Crippen LogP contribution is 2.45. The maximum atomic E-state index is 12.9. The van der Waals surface area contributed by atoms with Crippen molar-refractivity contribution in [3.63, 3.8) is 0 Å². The number of carbonyl (C=O) groups is 2. The minimum Gasteiger partial charge on any atom is -0.507 e. The van der Waals surface area contributed by atoms with Crippen LogP contribution in [0.5, 0.6) is 5.75 Å². The summed E-state index contributed by atoms with van der Waals surface area (Å²) in [5.41, 5.74) is 2.52. The second kappa shape index (κ2) is 10.1. The molecule has 3 aromatic rings. The molecule has 10 nitrogen and oxygen atoms in total. The topological polar surface area (TPSA) is 139 Å². The molecular weight excluding hydrogens is 554 g/mol. The summed E-state index contributed by atoms with van der Waals surface area (Å²) in [6.07, 6.45) is -0.206. The highest BCUT2D eigenvalue weighted by molar-refractivity contribution is 9.10. The first-order valence-corrected chi connectivity index (χ1v) is 12.8. The number of benzene rings is 3. The Hall–Kier alpha value is -3.85. The van der Waals surface area contributed by atoms with Crippen LogP contribution in [0.2, 0.25) is 0 Å². The Morgan fingerprint density at radius 3 is 2.74 bits per heavy atom. The van der Waals surface area contributed by atoms with Crippen LogP contribution in [0.15, 0.2) is 45.0 Å². The molecule has 11 heteroatoms. The Balaban J connectivity index is 1.67. The SMILES string of the molecule is CCN1C(=O)c2cc(C#N)c(/N=N/c3cc4c(c5cccc(O)c35)N(CCOC)CC(O)C4)c(Br)c2C1=O. The third-order valence-electron chi connectivity index (χ3n) is 6.81. The molecule has 5 rings (SSSR count). The zero-order valence-corrected chi connectivity index (χ0v) is 22.3. The van der Waals surface area contributed by atoms with Gasteiger partial charge in [0.05, 0.1) is 44.9 Å². The first kappa shape index (κ1) is 25.8. The van der Waals surface area contributed by atoms with E-state index in [4.69, 9.17) is 4.74 Å². The van der Waals surface area contributed by atoms with Crippen molar-refractivity contribution in [1.82, 2.24) is 4.90 Å². The average molecular weight is 578 g/mol. The van der Waals surface area contributed by atoms with E-state index in [-0.39, 0.29) is 39.1 Å². The number of aromatic hydroxyl groups is 1. The fourth-order valence-electron chi connectivity index (χ4n) is 5.13. The Morgan fingerprint density at radius 1 is 1.24 bits per heavy atom. The van der Waals surface area contributed by atoms with Gasteiger partial charge in [0.25, 0.3) is 11.8 Å². The summed E-state index contributed by atoms with van der Waals surface area (Å²) in [5, 5.41) is 41.1. The lowest BCUT2D eigenvalue weighted by molar-refractivity contribution is 0.0662. The quantitative estimate of drug-likeness (QED) is 0.323. The summed E-state index contributed by atoms with van der Waals surface area (Å²) < 4.78 is 5.46. The number of anilines is 1. The van der Waals surface area contributed by atoms with Crippen molar-refractivity contribution in [2.45, 2.75) is 19.4 Å². The summed E-state index contributed by atoms with van der Waals surface area (Å²) in [5.74, 6) is -0.928. The number of rotatable bonds is 6. The van der Waals surface area contributed by atoms with E-state index < -0.39 is 17.9 Å². The molecule has 1 atom stereocenters. The minimum absolute atomic E-state index is 0.00458. The summed E-state index contributed by atoms with van der Waals surface area (Å²) in [6.45, 7) is 3.35. The molecule has 0 aromatic heterocycles. The fraction of sp³-hybridized carbons (Fsp3) is 0.296. The highest BCUT2D eigenvalue weighted by Gasteiger charge is 2.38. The lowest BCUT2D eigenvalue weighted by atomic mass is 9.93. The van der Waals surface area contributed by atoms with Gasteiger partial charge in [-0.05, 0) is 46.6 Å². The van der Waals surface area contributed by atoms with E-state index in [1.807, 2.05) is 17.0 Å². The average Bonchev–Trinajstić information content (AvgIpc) is 3.14. The Labute approximate surface area is 226 Å². The normalized spacial score (nSPS) is 16.9. The number of azo groups is 1. The van der Waals surface area contributed by atoms with Crippen molar-refractivity contribution >= 4 is 55.6 Å². The van der Waals surface area contributed by atoms with Crippen LogP contribution in [0.25, 0.3) is 10.8 Å². The third-order valence-corrected chi connectivity index (χ3v) is 7.58. The monoisotopic (exact) mass is 577 g/mol.